The van der Waals surface area contributed by atoms with Crippen molar-refractivity contribution in [2.75, 3.05) is 11.5 Å². The molecule has 7 unspecified atom stereocenters. The van der Waals surface area contributed by atoms with Gasteiger partial charge in [-0.05, 0) is 105 Å². The number of anilines is 2. The van der Waals surface area contributed by atoms with Gasteiger partial charge in [-0.2, -0.15) is 0 Å². The maximum atomic E-state index is 13.2. The second kappa shape index (κ2) is 12.5. The van der Waals surface area contributed by atoms with Gasteiger partial charge in [0.25, 0.3) is 0 Å². The largest absolute Gasteiger partial charge is 0.398 e. The van der Waals surface area contributed by atoms with Crippen molar-refractivity contribution in [3.05, 3.63) is 48.5 Å². The van der Waals surface area contributed by atoms with E-state index in [1.165, 1.54) is 29.1 Å². The van der Waals surface area contributed by atoms with Crippen LogP contribution in [0.3, 0.4) is 0 Å². The van der Waals surface area contributed by atoms with Gasteiger partial charge in [0.2, 0.25) is 0 Å². The zero-order valence-electron chi connectivity index (χ0n) is 24.9. The average molecular weight is 567 g/mol. The van der Waals surface area contributed by atoms with Crippen LogP contribution in [-0.2, 0) is 4.79 Å². The van der Waals surface area contributed by atoms with E-state index < -0.39 is 0 Å². The van der Waals surface area contributed by atoms with E-state index in [9.17, 15) is 4.79 Å². The summed E-state index contributed by atoms with van der Waals surface area (Å²) in [5, 5.41) is 1.05. The van der Waals surface area contributed by atoms with Gasteiger partial charge in [-0.1, -0.05) is 58.9 Å². The van der Waals surface area contributed by atoms with Gasteiger partial charge in [0, 0.05) is 37.6 Å². The van der Waals surface area contributed by atoms with Gasteiger partial charge in [0.05, 0.1) is 0 Å². The van der Waals surface area contributed by atoms with Gasteiger partial charge in [-0.25, -0.2) is 0 Å². The Morgan fingerprint density at radius 3 is 1.74 bits per heavy atom. The first kappa shape index (κ1) is 30.4. The standard InChI is InChI=1S/C34H50N2OS2/c1-22-19-24(3)33(5,17-15-29(22)38-31-13-9-7-11-27(31)35)21-34(6)18-16-30(23(2)20-26(34)25(4)37)39-32-14-10-8-12-28(32)36/h7-14,22-24,26,29-30H,15-21,35-36H2,1-6H3/t22?,23?,24?,26?,29?,30?,33?,34-/m0/s1. The number of hydrogen-bond acceptors (Lipinski definition) is 5. The number of thioether (sulfide) groups is 2. The van der Waals surface area contributed by atoms with Crippen molar-refractivity contribution in [1.29, 1.82) is 0 Å². The molecule has 4 N–H and O–H groups in total. The highest BCUT2D eigenvalue weighted by molar-refractivity contribution is 8.00. The molecule has 0 radical (unpaired) electrons. The molecule has 0 bridgehead atoms. The molecule has 2 aromatic rings. The average Bonchev–Trinajstić information content (AvgIpc) is 3.06. The van der Waals surface area contributed by atoms with Crippen LogP contribution in [0, 0.1) is 34.5 Å². The lowest BCUT2D eigenvalue weighted by Crippen LogP contribution is -2.39. The summed E-state index contributed by atoms with van der Waals surface area (Å²) in [6.07, 6.45) is 7.96. The number of nitrogen functional groups attached to an aromatic ring is 2. The first-order valence-electron chi connectivity index (χ1n) is 14.9. The van der Waals surface area contributed by atoms with Crippen molar-refractivity contribution in [3.8, 4) is 0 Å². The van der Waals surface area contributed by atoms with E-state index in [0.717, 1.165) is 37.1 Å². The molecule has 8 atom stereocenters. The summed E-state index contributed by atoms with van der Waals surface area (Å²) in [4.78, 5) is 15.6. The summed E-state index contributed by atoms with van der Waals surface area (Å²) in [7, 11) is 0. The van der Waals surface area contributed by atoms with E-state index in [1.807, 2.05) is 54.7 Å². The van der Waals surface area contributed by atoms with Gasteiger partial charge >= 0.3 is 0 Å². The number of carbonyl (C=O) groups excluding carboxylic acids is 1. The Hall–Kier alpha value is -1.59. The second-order valence-corrected chi connectivity index (χ2v) is 16.0. The number of ketones is 1. The van der Waals surface area contributed by atoms with Gasteiger partial charge in [-0.15, -0.1) is 23.5 Å². The SMILES string of the molecule is CC(=O)C1CC(C)C(Sc2ccccc2N)CC[C@@]1(C)CC1(C)CCC(Sc2ccccc2N)C(C)CC1C. The molecule has 0 aliphatic heterocycles. The first-order chi connectivity index (χ1) is 18.4. The fraction of sp³-hybridized carbons (Fsp3) is 0.618. The number of nitrogens with two attached hydrogens (primary N) is 2. The molecule has 2 saturated carbocycles. The molecule has 0 spiro atoms. The predicted octanol–water partition coefficient (Wildman–Crippen LogP) is 9.36. The fourth-order valence-electron chi connectivity index (χ4n) is 7.64. The molecule has 2 fully saturated rings. The van der Waals surface area contributed by atoms with Crippen LogP contribution in [0.25, 0.3) is 0 Å². The number of carbonyl (C=O) groups is 1. The maximum Gasteiger partial charge on any atom is 0.133 e. The monoisotopic (exact) mass is 566 g/mol. The molecule has 2 aliphatic carbocycles. The molecule has 2 aliphatic rings. The van der Waals surface area contributed by atoms with Crippen molar-refractivity contribution in [2.24, 2.45) is 34.5 Å². The summed E-state index contributed by atoms with van der Waals surface area (Å²) in [6.45, 7) is 14.1. The Morgan fingerprint density at radius 2 is 1.26 bits per heavy atom. The van der Waals surface area contributed by atoms with Gasteiger partial charge in [0.1, 0.15) is 5.78 Å². The lowest BCUT2D eigenvalue weighted by Gasteiger charge is -2.46. The molecule has 2 aromatic carbocycles. The summed E-state index contributed by atoms with van der Waals surface area (Å²) < 4.78 is 0. The number of Topliss-reactive ketones (excluding diaryl/α,β-unsaturated/α-hetero) is 1. The predicted molar refractivity (Wildman–Crippen MR) is 171 cm³/mol. The van der Waals surface area contributed by atoms with E-state index in [-0.39, 0.29) is 16.7 Å². The molecule has 0 heterocycles. The van der Waals surface area contributed by atoms with Crippen LogP contribution < -0.4 is 11.5 Å². The summed E-state index contributed by atoms with van der Waals surface area (Å²) in [6, 6.07) is 16.5. The van der Waals surface area contributed by atoms with E-state index >= 15 is 0 Å². The van der Waals surface area contributed by atoms with Crippen molar-refractivity contribution in [3.63, 3.8) is 0 Å². The first-order valence-corrected chi connectivity index (χ1v) is 16.7. The van der Waals surface area contributed by atoms with Crippen molar-refractivity contribution < 1.29 is 4.79 Å². The number of para-hydroxylation sites is 2. The van der Waals surface area contributed by atoms with Gasteiger partial charge in [0.15, 0.2) is 0 Å². The topological polar surface area (TPSA) is 69.1 Å². The van der Waals surface area contributed by atoms with Crippen LogP contribution in [0.1, 0.15) is 86.5 Å². The second-order valence-electron chi connectivity index (χ2n) is 13.4. The van der Waals surface area contributed by atoms with E-state index in [2.05, 4.69) is 58.9 Å². The van der Waals surface area contributed by atoms with Crippen LogP contribution >= 0.6 is 23.5 Å². The zero-order valence-corrected chi connectivity index (χ0v) is 26.5. The highest BCUT2D eigenvalue weighted by Crippen LogP contribution is 2.56. The summed E-state index contributed by atoms with van der Waals surface area (Å²) >= 11 is 3.91. The molecule has 0 saturated heterocycles. The third-order valence-electron chi connectivity index (χ3n) is 10.3. The van der Waals surface area contributed by atoms with Crippen LogP contribution in [0.2, 0.25) is 0 Å². The molecular weight excluding hydrogens is 517 g/mol. The molecule has 0 aromatic heterocycles. The minimum atomic E-state index is 0.0146. The van der Waals surface area contributed by atoms with Crippen molar-refractivity contribution in [1.82, 2.24) is 0 Å². The number of benzene rings is 2. The summed E-state index contributed by atoms with van der Waals surface area (Å²) in [5.74, 6) is 2.22. The Bertz CT molecular complexity index is 1140. The summed E-state index contributed by atoms with van der Waals surface area (Å²) in [5.41, 5.74) is 14.6. The molecule has 0 amide bonds. The highest BCUT2D eigenvalue weighted by atomic mass is 32.2. The maximum absolute atomic E-state index is 13.2. The Labute approximate surface area is 246 Å². The Balaban J connectivity index is 1.53. The molecule has 3 nitrogen and oxygen atoms in total. The molecule has 5 heteroatoms. The van der Waals surface area contributed by atoms with E-state index in [4.69, 9.17) is 11.5 Å². The van der Waals surface area contributed by atoms with E-state index in [1.54, 1.807) is 0 Å². The van der Waals surface area contributed by atoms with Crippen molar-refractivity contribution >= 4 is 40.7 Å². The third kappa shape index (κ3) is 7.01. The normalized spacial score (nSPS) is 35.6. The smallest absolute Gasteiger partial charge is 0.133 e. The van der Waals surface area contributed by atoms with Crippen LogP contribution in [0.15, 0.2) is 58.3 Å². The number of hydrogen-bond donors (Lipinski definition) is 2. The lowest BCUT2D eigenvalue weighted by molar-refractivity contribution is -0.126. The minimum absolute atomic E-state index is 0.0146. The van der Waals surface area contributed by atoms with Gasteiger partial charge in [-0.3, -0.25) is 4.79 Å². The van der Waals surface area contributed by atoms with Crippen molar-refractivity contribution in [2.45, 2.75) is 107 Å². The highest BCUT2D eigenvalue weighted by Gasteiger charge is 2.48. The molecule has 214 valence electrons. The molecule has 39 heavy (non-hydrogen) atoms. The number of rotatable bonds is 7. The third-order valence-corrected chi connectivity index (χ3v) is 13.6. The van der Waals surface area contributed by atoms with Crippen LogP contribution in [-0.4, -0.2) is 16.3 Å². The van der Waals surface area contributed by atoms with Crippen LogP contribution in [0.4, 0.5) is 11.4 Å². The Kier molecular flexibility index (Phi) is 9.74. The molecule has 4 rings (SSSR count). The lowest BCUT2D eigenvalue weighted by atomic mass is 9.59. The van der Waals surface area contributed by atoms with E-state index in [0.29, 0.717) is 34.0 Å². The zero-order chi connectivity index (χ0) is 28.4. The van der Waals surface area contributed by atoms with Gasteiger partial charge < -0.3 is 11.5 Å². The van der Waals surface area contributed by atoms with Crippen LogP contribution in [0.5, 0.6) is 0 Å². The minimum Gasteiger partial charge on any atom is -0.398 e. The molecular formula is C34H50N2OS2. The Morgan fingerprint density at radius 1 is 0.795 bits per heavy atom. The fourth-order valence-corrected chi connectivity index (χ4v) is 10.2. The quantitative estimate of drug-likeness (QED) is 0.258.